The Labute approximate surface area is 120 Å². The normalized spacial score (nSPS) is 10.7. The number of aromatic nitrogens is 1. The van der Waals surface area contributed by atoms with Crippen molar-refractivity contribution in [2.24, 2.45) is 0 Å². The Morgan fingerprint density at radius 1 is 1.10 bits per heavy atom. The molecular weight excluding hydrogens is 274 g/mol. The number of carbonyl (C=O) groups is 1. The maximum absolute atomic E-state index is 11.3. The highest BCUT2D eigenvalue weighted by molar-refractivity contribution is 6.31. The molecule has 0 amide bonds. The van der Waals surface area contributed by atoms with Gasteiger partial charge in [-0.1, -0.05) is 35.9 Å². The first-order valence-electron chi connectivity index (χ1n) is 6.04. The van der Waals surface area contributed by atoms with Crippen molar-refractivity contribution < 1.29 is 9.90 Å². The number of hydrogen-bond acceptors (Lipinski definition) is 2. The third-order valence-corrected chi connectivity index (χ3v) is 3.38. The van der Waals surface area contributed by atoms with Crippen LogP contribution in [0.2, 0.25) is 5.02 Å². The van der Waals surface area contributed by atoms with E-state index in [9.17, 15) is 9.90 Å². The summed E-state index contributed by atoms with van der Waals surface area (Å²) in [4.78, 5) is 15.7. The third kappa shape index (κ3) is 2.12. The standard InChI is InChI=1S/C16H10ClNO2/c17-11-6-5-10-7-8-18-15(14(10)9-11)12-3-1-2-4-13(12)16(19)20/h1-9H,(H,19,20). The Hall–Kier alpha value is -2.39. The summed E-state index contributed by atoms with van der Waals surface area (Å²) in [7, 11) is 0. The van der Waals surface area contributed by atoms with Crippen LogP contribution in [-0.2, 0) is 0 Å². The quantitative estimate of drug-likeness (QED) is 0.765. The van der Waals surface area contributed by atoms with Gasteiger partial charge in [-0.3, -0.25) is 4.98 Å². The first-order valence-corrected chi connectivity index (χ1v) is 6.41. The molecule has 2 aromatic carbocycles. The molecule has 1 heterocycles. The maximum Gasteiger partial charge on any atom is 0.336 e. The van der Waals surface area contributed by atoms with Crippen LogP contribution in [0.3, 0.4) is 0 Å². The molecule has 4 heteroatoms. The first-order chi connectivity index (χ1) is 9.66. The Balaban J connectivity index is 2.35. The number of hydrogen-bond donors (Lipinski definition) is 1. The minimum absolute atomic E-state index is 0.229. The molecule has 0 radical (unpaired) electrons. The largest absolute Gasteiger partial charge is 0.478 e. The Morgan fingerprint density at radius 3 is 2.70 bits per heavy atom. The lowest BCUT2D eigenvalue weighted by molar-refractivity contribution is 0.0697. The van der Waals surface area contributed by atoms with Crippen LogP contribution in [0, 0.1) is 0 Å². The highest BCUT2D eigenvalue weighted by atomic mass is 35.5. The molecule has 0 aliphatic heterocycles. The van der Waals surface area contributed by atoms with Crippen molar-refractivity contribution in [2.75, 3.05) is 0 Å². The number of rotatable bonds is 2. The van der Waals surface area contributed by atoms with Gasteiger partial charge in [0.1, 0.15) is 0 Å². The van der Waals surface area contributed by atoms with Gasteiger partial charge in [-0.15, -0.1) is 0 Å². The molecule has 0 atom stereocenters. The molecule has 3 nitrogen and oxygen atoms in total. The van der Waals surface area contributed by atoms with Gasteiger partial charge in [0.05, 0.1) is 11.3 Å². The lowest BCUT2D eigenvalue weighted by Crippen LogP contribution is -2.00. The second-order valence-corrected chi connectivity index (χ2v) is 4.81. The predicted octanol–water partition coefficient (Wildman–Crippen LogP) is 4.25. The van der Waals surface area contributed by atoms with Crippen LogP contribution in [0.1, 0.15) is 10.4 Å². The monoisotopic (exact) mass is 283 g/mol. The number of benzene rings is 2. The summed E-state index contributed by atoms with van der Waals surface area (Å²) < 4.78 is 0. The summed E-state index contributed by atoms with van der Waals surface area (Å²) in [5, 5.41) is 11.7. The summed E-state index contributed by atoms with van der Waals surface area (Å²) in [6.45, 7) is 0. The zero-order valence-corrected chi connectivity index (χ0v) is 11.1. The minimum atomic E-state index is -0.971. The Morgan fingerprint density at radius 2 is 1.90 bits per heavy atom. The van der Waals surface area contributed by atoms with E-state index in [0.717, 1.165) is 10.8 Å². The van der Waals surface area contributed by atoms with Crippen LogP contribution in [0.15, 0.2) is 54.7 Å². The summed E-state index contributed by atoms with van der Waals surface area (Å²) in [6, 6.07) is 14.2. The van der Waals surface area contributed by atoms with E-state index < -0.39 is 5.97 Å². The van der Waals surface area contributed by atoms with Crippen LogP contribution in [0.4, 0.5) is 0 Å². The van der Waals surface area contributed by atoms with Crippen LogP contribution >= 0.6 is 11.6 Å². The summed E-state index contributed by atoms with van der Waals surface area (Å²) in [5.74, 6) is -0.971. The second-order valence-electron chi connectivity index (χ2n) is 4.38. The molecule has 0 aliphatic rings. The number of aromatic carboxylic acids is 1. The van der Waals surface area contributed by atoms with E-state index in [1.807, 2.05) is 12.1 Å². The van der Waals surface area contributed by atoms with Crippen molar-refractivity contribution in [3.8, 4) is 11.3 Å². The number of halogens is 1. The fourth-order valence-electron chi connectivity index (χ4n) is 2.23. The van der Waals surface area contributed by atoms with E-state index in [4.69, 9.17) is 11.6 Å². The number of carboxylic acid groups (broad SMARTS) is 1. The maximum atomic E-state index is 11.3. The van der Waals surface area contributed by atoms with Gasteiger partial charge in [-0.05, 0) is 29.7 Å². The number of pyridine rings is 1. The molecule has 0 aliphatic carbocycles. The minimum Gasteiger partial charge on any atom is -0.478 e. The van der Waals surface area contributed by atoms with Crippen molar-refractivity contribution in [1.29, 1.82) is 0 Å². The summed E-state index contributed by atoms with van der Waals surface area (Å²) in [5.41, 5.74) is 1.45. The fourth-order valence-corrected chi connectivity index (χ4v) is 2.40. The van der Waals surface area contributed by atoms with E-state index in [0.29, 0.717) is 16.3 Å². The molecule has 0 spiro atoms. The number of carboxylic acids is 1. The van der Waals surface area contributed by atoms with Gasteiger partial charge < -0.3 is 5.11 Å². The van der Waals surface area contributed by atoms with Crippen molar-refractivity contribution in [3.63, 3.8) is 0 Å². The third-order valence-electron chi connectivity index (χ3n) is 3.14. The Bertz CT molecular complexity index is 814. The smallest absolute Gasteiger partial charge is 0.336 e. The van der Waals surface area contributed by atoms with Crippen LogP contribution in [0.25, 0.3) is 22.0 Å². The van der Waals surface area contributed by atoms with Crippen molar-refractivity contribution in [1.82, 2.24) is 4.98 Å². The number of nitrogens with zero attached hydrogens (tertiary/aromatic N) is 1. The molecule has 0 saturated heterocycles. The van der Waals surface area contributed by atoms with E-state index in [1.54, 1.807) is 42.6 Å². The summed E-state index contributed by atoms with van der Waals surface area (Å²) in [6.07, 6.45) is 1.67. The average molecular weight is 284 g/mol. The van der Waals surface area contributed by atoms with Gasteiger partial charge in [0, 0.05) is 22.2 Å². The van der Waals surface area contributed by atoms with Gasteiger partial charge in [-0.2, -0.15) is 0 Å². The van der Waals surface area contributed by atoms with E-state index in [1.165, 1.54) is 0 Å². The van der Waals surface area contributed by atoms with Gasteiger partial charge >= 0.3 is 5.97 Å². The van der Waals surface area contributed by atoms with Crippen LogP contribution in [-0.4, -0.2) is 16.1 Å². The van der Waals surface area contributed by atoms with E-state index in [2.05, 4.69) is 4.98 Å². The zero-order valence-electron chi connectivity index (χ0n) is 10.4. The average Bonchev–Trinajstić information content (AvgIpc) is 2.46. The van der Waals surface area contributed by atoms with Gasteiger partial charge in [-0.25, -0.2) is 4.79 Å². The topological polar surface area (TPSA) is 50.2 Å². The van der Waals surface area contributed by atoms with Crippen molar-refractivity contribution >= 4 is 28.3 Å². The van der Waals surface area contributed by atoms with Crippen molar-refractivity contribution in [3.05, 3.63) is 65.3 Å². The molecule has 3 aromatic rings. The van der Waals surface area contributed by atoms with Crippen LogP contribution < -0.4 is 0 Å². The lowest BCUT2D eigenvalue weighted by Gasteiger charge is -2.09. The summed E-state index contributed by atoms with van der Waals surface area (Å²) >= 11 is 6.04. The molecule has 0 saturated carbocycles. The fraction of sp³-hybridized carbons (Fsp3) is 0. The lowest BCUT2D eigenvalue weighted by atomic mass is 9.99. The number of fused-ring (bicyclic) bond motifs is 1. The second kappa shape index (κ2) is 4.94. The van der Waals surface area contributed by atoms with Gasteiger partial charge in [0.25, 0.3) is 0 Å². The van der Waals surface area contributed by atoms with Crippen LogP contribution in [0.5, 0.6) is 0 Å². The SMILES string of the molecule is O=C(O)c1ccccc1-c1nccc2ccc(Cl)cc12. The molecule has 1 N–H and O–H groups in total. The van der Waals surface area contributed by atoms with Gasteiger partial charge in [0.2, 0.25) is 0 Å². The van der Waals surface area contributed by atoms with Crippen molar-refractivity contribution in [2.45, 2.75) is 0 Å². The molecule has 0 unspecified atom stereocenters. The van der Waals surface area contributed by atoms with E-state index in [-0.39, 0.29) is 5.56 Å². The van der Waals surface area contributed by atoms with Gasteiger partial charge in [0.15, 0.2) is 0 Å². The molecule has 0 bridgehead atoms. The Kier molecular flexibility index (Phi) is 3.12. The zero-order chi connectivity index (χ0) is 14.1. The highest BCUT2D eigenvalue weighted by Gasteiger charge is 2.14. The molecule has 20 heavy (non-hydrogen) atoms. The molecule has 98 valence electrons. The highest BCUT2D eigenvalue weighted by Crippen LogP contribution is 2.30. The van der Waals surface area contributed by atoms with E-state index >= 15 is 0 Å². The molecule has 0 fully saturated rings. The first kappa shape index (κ1) is 12.6. The molecular formula is C16H10ClNO2. The molecule has 1 aromatic heterocycles. The predicted molar refractivity (Wildman–Crippen MR) is 79.1 cm³/mol. The molecule has 3 rings (SSSR count).